The van der Waals surface area contributed by atoms with E-state index < -0.39 is 16.8 Å². The molecular formula is C18H18N2O6. The van der Waals surface area contributed by atoms with Crippen LogP contribution in [0.4, 0.5) is 5.69 Å². The highest BCUT2D eigenvalue weighted by molar-refractivity contribution is 5.94. The van der Waals surface area contributed by atoms with Crippen molar-refractivity contribution in [1.82, 2.24) is 5.32 Å². The van der Waals surface area contributed by atoms with E-state index in [-0.39, 0.29) is 37.4 Å². The zero-order valence-corrected chi connectivity index (χ0v) is 13.9. The zero-order chi connectivity index (χ0) is 18.8. The summed E-state index contributed by atoms with van der Waals surface area (Å²) in [5.74, 6) is -0.176. The molecule has 8 nitrogen and oxygen atoms in total. The number of esters is 1. The highest BCUT2D eigenvalue weighted by atomic mass is 16.6. The van der Waals surface area contributed by atoms with Crippen molar-refractivity contribution in [2.24, 2.45) is 0 Å². The van der Waals surface area contributed by atoms with Crippen LogP contribution in [-0.4, -0.2) is 36.6 Å². The minimum absolute atomic E-state index is 0.0179. The van der Waals surface area contributed by atoms with Crippen LogP contribution in [0.1, 0.15) is 16.8 Å². The summed E-state index contributed by atoms with van der Waals surface area (Å²) in [5, 5.41) is 13.1. The minimum atomic E-state index is -0.542. The Bertz CT molecular complexity index is 746. The van der Waals surface area contributed by atoms with Crippen LogP contribution in [0.5, 0.6) is 5.75 Å². The van der Waals surface area contributed by atoms with Gasteiger partial charge in [0.05, 0.1) is 11.3 Å². The van der Waals surface area contributed by atoms with Crippen LogP contribution in [0.2, 0.25) is 0 Å². The number of amides is 1. The van der Waals surface area contributed by atoms with Crippen molar-refractivity contribution in [3.05, 3.63) is 70.3 Å². The van der Waals surface area contributed by atoms with E-state index in [1.54, 1.807) is 12.1 Å². The van der Waals surface area contributed by atoms with Gasteiger partial charge in [-0.15, -0.1) is 0 Å². The fourth-order valence-corrected chi connectivity index (χ4v) is 2.02. The summed E-state index contributed by atoms with van der Waals surface area (Å²) in [5.41, 5.74) is 0.183. The molecule has 0 aromatic heterocycles. The van der Waals surface area contributed by atoms with Gasteiger partial charge in [-0.25, -0.2) is 0 Å². The molecule has 0 saturated carbocycles. The molecule has 0 unspecified atom stereocenters. The van der Waals surface area contributed by atoms with E-state index in [1.165, 1.54) is 24.3 Å². The van der Waals surface area contributed by atoms with E-state index in [2.05, 4.69) is 5.32 Å². The van der Waals surface area contributed by atoms with Gasteiger partial charge in [-0.3, -0.25) is 19.7 Å². The van der Waals surface area contributed by atoms with Crippen LogP contribution in [0.25, 0.3) is 0 Å². The first-order valence-electron chi connectivity index (χ1n) is 7.92. The summed E-state index contributed by atoms with van der Waals surface area (Å²) < 4.78 is 10.4. The first-order valence-corrected chi connectivity index (χ1v) is 7.92. The van der Waals surface area contributed by atoms with Crippen LogP contribution in [-0.2, 0) is 9.53 Å². The molecule has 0 bridgehead atoms. The van der Waals surface area contributed by atoms with E-state index in [9.17, 15) is 19.7 Å². The van der Waals surface area contributed by atoms with Gasteiger partial charge in [-0.05, 0) is 24.3 Å². The Balaban J connectivity index is 1.61. The molecule has 136 valence electrons. The second kappa shape index (κ2) is 9.77. The summed E-state index contributed by atoms with van der Waals surface area (Å²) in [7, 11) is 0. The van der Waals surface area contributed by atoms with Crippen molar-refractivity contribution < 1.29 is 24.0 Å². The molecule has 0 spiro atoms. The van der Waals surface area contributed by atoms with Crippen molar-refractivity contribution in [3.8, 4) is 5.75 Å². The number of hydrogen-bond acceptors (Lipinski definition) is 6. The smallest absolute Gasteiger partial charge is 0.307 e. The van der Waals surface area contributed by atoms with E-state index in [4.69, 9.17) is 9.47 Å². The van der Waals surface area contributed by atoms with Gasteiger partial charge < -0.3 is 14.8 Å². The third-order valence-electron chi connectivity index (χ3n) is 3.31. The van der Waals surface area contributed by atoms with E-state index in [0.29, 0.717) is 5.75 Å². The molecule has 0 aliphatic rings. The first-order chi connectivity index (χ1) is 12.6. The lowest BCUT2D eigenvalue weighted by Gasteiger charge is -2.08. The highest BCUT2D eigenvalue weighted by Crippen LogP contribution is 2.11. The number of carbonyl (C=O) groups is 2. The molecule has 8 heteroatoms. The predicted octanol–water partition coefficient (Wildman–Crippen LogP) is 2.34. The molecule has 26 heavy (non-hydrogen) atoms. The van der Waals surface area contributed by atoms with E-state index in [1.807, 2.05) is 18.2 Å². The molecule has 0 aliphatic carbocycles. The van der Waals surface area contributed by atoms with E-state index >= 15 is 0 Å². The standard InChI is InChI=1S/C18H18N2O6/c21-17(26-13-12-25-16-4-2-1-3-5-16)10-11-19-18(22)14-6-8-15(9-7-14)20(23)24/h1-9H,10-13H2,(H,19,22). The fraction of sp³-hybridized carbons (Fsp3) is 0.222. The van der Waals surface area contributed by atoms with Gasteiger partial charge in [-0.1, -0.05) is 18.2 Å². The Hall–Kier alpha value is -3.42. The Morgan fingerprint density at radius 2 is 1.69 bits per heavy atom. The molecule has 2 rings (SSSR count). The molecule has 0 saturated heterocycles. The molecule has 0 fully saturated rings. The summed E-state index contributed by atoms with van der Waals surface area (Å²) in [4.78, 5) is 33.5. The Labute approximate surface area is 149 Å². The summed E-state index contributed by atoms with van der Waals surface area (Å²) in [6, 6.07) is 14.4. The molecule has 0 aliphatic heterocycles. The van der Waals surface area contributed by atoms with Gasteiger partial charge >= 0.3 is 5.97 Å². The third-order valence-corrected chi connectivity index (χ3v) is 3.31. The highest BCUT2D eigenvalue weighted by Gasteiger charge is 2.10. The average molecular weight is 358 g/mol. The monoisotopic (exact) mass is 358 g/mol. The van der Waals surface area contributed by atoms with Crippen molar-refractivity contribution in [2.45, 2.75) is 6.42 Å². The third kappa shape index (κ3) is 6.23. The molecule has 1 amide bonds. The zero-order valence-electron chi connectivity index (χ0n) is 13.9. The second-order valence-corrected chi connectivity index (χ2v) is 5.19. The fourth-order valence-electron chi connectivity index (χ4n) is 2.02. The lowest BCUT2D eigenvalue weighted by Crippen LogP contribution is -2.26. The quantitative estimate of drug-likeness (QED) is 0.319. The number of nitrogens with one attached hydrogen (secondary N) is 1. The Morgan fingerprint density at radius 1 is 1.00 bits per heavy atom. The molecular weight excluding hydrogens is 340 g/mol. The maximum atomic E-state index is 11.9. The minimum Gasteiger partial charge on any atom is -0.490 e. The second-order valence-electron chi connectivity index (χ2n) is 5.19. The maximum Gasteiger partial charge on any atom is 0.307 e. The lowest BCUT2D eigenvalue weighted by molar-refractivity contribution is -0.384. The van der Waals surface area contributed by atoms with Gasteiger partial charge in [0.15, 0.2) is 0 Å². The van der Waals surface area contributed by atoms with Gasteiger partial charge in [0.25, 0.3) is 11.6 Å². The van der Waals surface area contributed by atoms with Gasteiger partial charge in [0.2, 0.25) is 0 Å². The number of rotatable bonds is 9. The van der Waals surface area contributed by atoms with E-state index in [0.717, 1.165) is 0 Å². The number of nitro groups is 1. The number of ether oxygens (including phenoxy) is 2. The van der Waals surface area contributed by atoms with Crippen LogP contribution in [0.3, 0.4) is 0 Å². The molecule has 1 N–H and O–H groups in total. The lowest BCUT2D eigenvalue weighted by atomic mass is 10.2. The number of non-ortho nitro benzene ring substituents is 1. The number of benzene rings is 2. The summed E-state index contributed by atoms with van der Waals surface area (Å²) in [6.45, 7) is 0.461. The van der Waals surface area contributed by atoms with Crippen LogP contribution < -0.4 is 10.1 Å². The van der Waals surface area contributed by atoms with Crippen molar-refractivity contribution in [3.63, 3.8) is 0 Å². The molecule has 2 aromatic rings. The number of para-hydroxylation sites is 1. The maximum absolute atomic E-state index is 11.9. The molecule has 0 radical (unpaired) electrons. The Kier molecular flexibility index (Phi) is 7.11. The van der Waals surface area contributed by atoms with Crippen molar-refractivity contribution in [1.29, 1.82) is 0 Å². The Morgan fingerprint density at radius 3 is 2.35 bits per heavy atom. The summed E-state index contributed by atoms with van der Waals surface area (Å²) in [6.07, 6.45) is 0.0179. The number of carbonyl (C=O) groups excluding carboxylic acids is 2. The number of nitro benzene ring substituents is 1. The van der Waals surface area contributed by atoms with Gasteiger partial charge in [0.1, 0.15) is 19.0 Å². The van der Waals surface area contributed by atoms with Crippen LogP contribution in [0, 0.1) is 10.1 Å². The van der Waals surface area contributed by atoms with Crippen LogP contribution in [0.15, 0.2) is 54.6 Å². The number of nitrogens with zero attached hydrogens (tertiary/aromatic N) is 1. The first kappa shape index (κ1) is 18.9. The molecule has 0 heterocycles. The van der Waals surface area contributed by atoms with Gasteiger partial charge in [0, 0.05) is 24.2 Å². The normalized spacial score (nSPS) is 10.0. The van der Waals surface area contributed by atoms with Crippen molar-refractivity contribution >= 4 is 17.6 Å². The SMILES string of the molecule is O=C(CCNC(=O)c1ccc([N+](=O)[O-])cc1)OCCOc1ccccc1. The predicted molar refractivity (Wildman–Crippen MR) is 92.9 cm³/mol. The number of hydrogen-bond donors (Lipinski definition) is 1. The summed E-state index contributed by atoms with van der Waals surface area (Å²) >= 11 is 0. The van der Waals surface area contributed by atoms with Gasteiger partial charge in [-0.2, -0.15) is 0 Å². The van der Waals surface area contributed by atoms with Crippen molar-refractivity contribution in [2.75, 3.05) is 19.8 Å². The average Bonchev–Trinajstić information content (AvgIpc) is 2.66. The topological polar surface area (TPSA) is 108 Å². The largest absolute Gasteiger partial charge is 0.490 e. The molecule has 0 atom stereocenters. The molecule has 2 aromatic carbocycles. The van der Waals surface area contributed by atoms with Crippen LogP contribution >= 0.6 is 0 Å².